The summed E-state index contributed by atoms with van der Waals surface area (Å²) in [6.45, 7) is 2.19. The molecular weight excluding hydrogens is 262 g/mol. The fraction of sp³-hybridized carbons (Fsp3) is 0.846. The molecule has 2 saturated heterocycles. The number of hydrogen-bond acceptors (Lipinski definition) is 4. The highest BCUT2D eigenvalue weighted by molar-refractivity contribution is 5.83. The number of carboxylic acid groups (broad SMARTS) is 1. The van der Waals surface area contributed by atoms with E-state index in [4.69, 9.17) is 4.74 Å². The van der Waals surface area contributed by atoms with Crippen molar-refractivity contribution < 1.29 is 19.4 Å². The molecule has 0 aliphatic carbocycles. The maximum atomic E-state index is 12.6. The van der Waals surface area contributed by atoms with Crippen LogP contribution in [0.2, 0.25) is 0 Å². The van der Waals surface area contributed by atoms with Crippen LogP contribution >= 0.6 is 0 Å². The summed E-state index contributed by atoms with van der Waals surface area (Å²) in [7, 11) is 4.01. The largest absolute Gasteiger partial charge is 0.480 e. The first-order valence-electron chi connectivity index (χ1n) is 7.03. The second-order valence-electron chi connectivity index (χ2n) is 5.61. The molecule has 2 aliphatic rings. The molecule has 0 aromatic carbocycles. The quantitative estimate of drug-likeness (QED) is 0.768. The van der Waals surface area contributed by atoms with Crippen molar-refractivity contribution in [1.82, 2.24) is 14.7 Å². The molecule has 0 bridgehead atoms. The number of aliphatic carboxylic acids is 1. The Morgan fingerprint density at radius 2 is 2.05 bits per heavy atom. The van der Waals surface area contributed by atoms with E-state index in [2.05, 4.69) is 4.90 Å². The summed E-state index contributed by atoms with van der Waals surface area (Å²) in [6, 6.07) is -0.694. The highest BCUT2D eigenvalue weighted by Gasteiger charge is 2.36. The molecule has 2 unspecified atom stereocenters. The molecule has 0 spiro atoms. The molecule has 7 nitrogen and oxygen atoms in total. The average Bonchev–Trinajstić information content (AvgIpc) is 2.46. The third-order valence-corrected chi connectivity index (χ3v) is 4.06. The van der Waals surface area contributed by atoms with Gasteiger partial charge in [-0.3, -0.25) is 0 Å². The van der Waals surface area contributed by atoms with E-state index < -0.39 is 12.0 Å². The van der Waals surface area contributed by atoms with Crippen LogP contribution in [0.4, 0.5) is 4.79 Å². The summed E-state index contributed by atoms with van der Waals surface area (Å²) in [5, 5.41) is 9.20. The lowest BCUT2D eigenvalue weighted by Crippen LogP contribution is -2.59. The molecule has 0 radical (unpaired) electrons. The second kappa shape index (κ2) is 6.41. The first-order valence-corrected chi connectivity index (χ1v) is 7.03. The molecule has 0 saturated carbocycles. The Hall–Kier alpha value is -1.34. The van der Waals surface area contributed by atoms with Crippen LogP contribution in [-0.2, 0) is 9.53 Å². The van der Waals surface area contributed by atoms with Crippen molar-refractivity contribution >= 4 is 12.0 Å². The highest BCUT2D eigenvalue weighted by atomic mass is 16.5. The number of piperidine rings is 1. The minimum Gasteiger partial charge on any atom is -0.480 e. The summed E-state index contributed by atoms with van der Waals surface area (Å²) in [6.07, 6.45) is 2.03. The van der Waals surface area contributed by atoms with E-state index >= 15 is 0 Å². The topological polar surface area (TPSA) is 73.3 Å². The molecule has 2 aliphatic heterocycles. The predicted molar refractivity (Wildman–Crippen MR) is 72.6 cm³/mol. The zero-order valence-electron chi connectivity index (χ0n) is 12.1. The number of rotatable bonds is 2. The standard InChI is InChI=1S/C13H23N3O4/c1-14(2)10-4-3-5-15(8-10)13(19)16-6-7-20-9-11(16)12(17)18/h10-11H,3-9H2,1-2H3,(H,17,18). The lowest BCUT2D eigenvalue weighted by Gasteiger charge is -2.41. The van der Waals surface area contributed by atoms with Crippen molar-refractivity contribution in [2.75, 3.05) is 46.9 Å². The van der Waals surface area contributed by atoms with Gasteiger partial charge in [-0.05, 0) is 26.9 Å². The molecule has 2 heterocycles. The first-order chi connectivity index (χ1) is 9.50. The molecule has 0 aromatic rings. The Balaban J connectivity index is 2.03. The number of amides is 2. The van der Waals surface area contributed by atoms with E-state index in [1.165, 1.54) is 4.90 Å². The summed E-state index contributed by atoms with van der Waals surface area (Å²) >= 11 is 0. The molecule has 20 heavy (non-hydrogen) atoms. The average molecular weight is 285 g/mol. The van der Waals surface area contributed by atoms with Gasteiger partial charge < -0.3 is 24.5 Å². The minimum absolute atomic E-state index is 0.0754. The Labute approximate surface area is 119 Å². The van der Waals surface area contributed by atoms with Gasteiger partial charge in [0.25, 0.3) is 0 Å². The Bertz CT molecular complexity index is 375. The van der Waals surface area contributed by atoms with E-state index in [1.807, 2.05) is 14.1 Å². The van der Waals surface area contributed by atoms with Gasteiger partial charge >= 0.3 is 12.0 Å². The summed E-state index contributed by atoms with van der Waals surface area (Å²) in [5.41, 5.74) is 0. The zero-order chi connectivity index (χ0) is 14.7. The van der Waals surface area contributed by atoms with Gasteiger partial charge in [-0.1, -0.05) is 0 Å². The normalized spacial score (nSPS) is 27.8. The molecule has 2 fully saturated rings. The summed E-state index contributed by atoms with van der Waals surface area (Å²) < 4.78 is 5.17. The lowest BCUT2D eigenvalue weighted by atomic mass is 10.1. The molecule has 2 amide bonds. The van der Waals surface area contributed by atoms with Crippen LogP contribution in [-0.4, -0.2) is 90.8 Å². The van der Waals surface area contributed by atoms with Gasteiger partial charge in [0, 0.05) is 25.7 Å². The number of ether oxygens (including phenoxy) is 1. The van der Waals surface area contributed by atoms with Crippen LogP contribution in [0.25, 0.3) is 0 Å². The van der Waals surface area contributed by atoms with Gasteiger partial charge in [-0.15, -0.1) is 0 Å². The smallest absolute Gasteiger partial charge is 0.328 e. The molecule has 114 valence electrons. The number of morpholine rings is 1. The lowest BCUT2D eigenvalue weighted by molar-refractivity contribution is -0.147. The van der Waals surface area contributed by atoms with Gasteiger partial charge in [-0.25, -0.2) is 9.59 Å². The monoisotopic (exact) mass is 285 g/mol. The number of carboxylic acids is 1. The maximum Gasteiger partial charge on any atom is 0.328 e. The fourth-order valence-corrected chi connectivity index (χ4v) is 2.77. The van der Waals surface area contributed by atoms with Gasteiger partial charge in [0.2, 0.25) is 0 Å². The van der Waals surface area contributed by atoms with Crippen molar-refractivity contribution in [3.05, 3.63) is 0 Å². The maximum absolute atomic E-state index is 12.6. The molecule has 2 rings (SSSR count). The molecule has 1 N–H and O–H groups in total. The number of nitrogens with zero attached hydrogens (tertiary/aromatic N) is 3. The zero-order valence-corrected chi connectivity index (χ0v) is 12.1. The minimum atomic E-state index is -1.00. The number of carbonyl (C=O) groups excluding carboxylic acids is 1. The third-order valence-electron chi connectivity index (χ3n) is 4.06. The SMILES string of the molecule is CN(C)C1CCCN(C(=O)N2CCOCC2C(=O)O)C1. The van der Waals surface area contributed by atoms with Crippen LogP contribution in [0.15, 0.2) is 0 Å². The second-order valence-corrected chi connectivity index (χ2v) is 5.61. The van der Waals surface area contributed by atoms with E-state index in [1.54, 1.807) is 4.90 Å². The molecule has 0 aromatic heterocycles. The predicted octanol–water partition coefficient (Wildman–Crippen LogP) is -0.0822. The van der Waals surface area contributed by atoms with Crippen molar-refractivity contribution in [3.8, 4) is 0 Å². The summed E-state index contributed by atoms with van der Waals surface area (Å²) in [5.74, 6) is -1.00. The van der Waals surface area contributed by atoms with E-state index in [0.29, 0.717) is 32.3 Å². The summed E-state index contributed by atoms with van der Waals surface area (Å²) in [4.78, 5) is 29.1. The van der Waals surface area contributed by atoms with Crippen molar-refractivity contribution in [2.45, 2.75) is 24.9 Å². The number of urea groups is 1. The Kier molecular flexibility index (Phi) is 4.82. The molecule has 7 heteroatoms. The van der Waals surface area contributed by atoms with Crippen molar-refractivity contribution in [1.29, 1.82) is 0 Å². The number of likely N-dealkylation sites (N-methyl/N-ethyl adjacent to an activating group) is 1. The van der Waals surface area contributed by atoms with Gasteiger partial charge in [0.05, 0.1) is 13.2 Å². The fourth-order valence-electron chi connectivity index (χ4n) is 2.77. The molecule has 2 atom stereocenters. The van der Waals surface area contributed by atoms with E-state index in [0.717, 1.165) is 12.8 Å². The van der Waals surface area contributed by atoms with E-state index in [-0.39, 0.29) is 12.6 Å². The molecular formula is C13H23N3O4. The third kappa shape index (κ3) is 3.21. The highest BCUT2D eigenvalue weighted by Crippen LogP contribution is 2.18. The van der Waals surface area contributed by atoms with Crippen LogP contribution in [0, 0.1) is 0 Å². The Morgan fingerprint density at radius 1 is 1.30 bits per heavy atom. The van der Waals surface area contributed by atoms with Gasteiger partial charge in [0.15, 0.2) is 6.04 Å². The van der Waals surface area contributed by atoms with Gasteiger partial charge in [-0.2, -0.15) is 0 Å². The van der Waals surface area contributed by atoms with Crippen LogP contribution in [0.5, 0.6) is 0 Å². The van der Waals surface area contributed by atoms with Crippen molar-refractivity contribution in [2.24, 2.45) is 0 Å². The Morgan fingerprint density at radius 3 is 2.70 bits per heavy atom. The number of hydrogen-bond donors (Lipinski definition) is 1. The van der Waals surface area contributed by atoms with Crippen molar-refractivity contribution in [3.63, 3.8) is 0 Å². The van der Waals surface area contributed by atoms with Gasteiger partial charge in [0.1, 0.15) is 0 Å². The van der Waals surface area contributed by atoms with Crippen LogP contribution in [0.1, 0.15) is 12.8 Å². The number of likely N-dealkylation sites (tertiary alicyclic amines) is 1. The van der Waals surface area contributed by atoms with E-state index in [9.17, 15) is 14.7 Å². The van der Waals surface area contributed by atoms with Crippen LogP contribution < -0.4 is 0 Å². The first kappa shape index (κ1) is 15.1. The van der Waals surface area contributed by atoms with Crippen LogP contribution in [0.3, 0.4) is 0 Å². The number of carbonyl (C=O) groups is 2.